The van der Waals surface area contributed by atoms with Gasteiger partial charge in [0.25, 0.3) is 0 Å². The van der Waals surface area contributed by atoms with E-state index in [1.54, 1.807) is 35.0 Å². The van der Waals surface area contributed by atoms with Crippen LogP contribution in [0.3, 0.4) is 0 Å². The molecule has 0 radical (unpaired) electrons. The van der Waals surface area contributed by atoms with Crippen molar-refractivity contribution in [3.05, 3.63) is 29.8 Å². The van der Waals surface area contributed by atoms with Crippen LogP contribution in [0.4, 0.5) is 0 Å². The fourth-order valence-electron chi connectivity index (χ4n) is 10.5. The minimum Gasteiger partial charge on any atom is -0.496 e. The molecule has 5 fully saturated rings. The Labute approximate surface area is 376 Å². The molecule has 63 heavy (non-hydrogen) atoms. The number of aliphatic hydroxyl groups is 4. The standard InChI is InChI=1S/C47H82N4O12/c1-27-22-45(9,55)41(63-43-39(53)35(50(11)12)21-28(2)59-43)29(3)40(30(4)42(54)61-33-24-51(25-33)31(5)38(27)52)62-37-23-46(10,58-14)47(56,32(6)60-37)26-48-19-20-49-44(7,8)34-17-15-16-18-36(34)57-13/h15-18,27-33,35,37-41,43,48-49,52-53,55-56H,19-26H2,1-14H3/t27-,28-,29+,30-,31+,32+,35+,37+,38+,39-,40+,41-,43+,45+,46-,47-/m1/s1. The number of para-hydroxylation sites is 1. The van der Waals surface area contributed by atoms with E-state index >= 15 is 0 Å². The number of esters is 1. The van der Waals surface area contributed by atoms with Crippen LogP contribution >= 0.6 is 0 Å². The third kappa shape index (κ3) is 11.4. The van der Waals surface area contributed by atoms with Crippen molar-refractivity contribution in [3.63, 3.8) is 0 Å². The molecule has 0 saturated carbocycles. The van der Waals surface area contributed by atoms with E-state index in [2.05, 4.69) is 29.4 Å². The number of benzene rings is 1. The Balaban J connectivity index is 1.39. The Hall–Kier alpha value is -2.03. The highest BCUT2D eigenvalue weighted by molar-refractivity contribution is 5.73. The van der Waals surface area contributed by atoms with Gasteiger partial charge in [0.1, 0.15) is 29.2 Å². The highest BCUT2D eigenvalue weighted by atomic mass is 16.7. The lowest BCUT2D eigenvalue weighted by molar-refractivity contribution is -0.336. The largest absolute Gasteiger partial charge is 0.496 e. The Morgan fingerprint density at radius 3 is 2.24 bits per heavy atom. The first-order valence-electron chi connectivity index (χ1n) is 23.1. The van der Waals surface area contributed by atoms with Crippen LogP contribution in [0.15, 0.2) is 24.3 Å². The van der Waals surface area contributed by atoms with Crippen LogP contribution in [-0.4, -0.2) is 181 Å². The van der Waals surface area contributed by atoms with Crippen molar-refractivity contribution in [2.45, 2.75) is 178 Å². The first kappa shape index (κ1) is 51.9. The molecule has 5 aliphatic heterocycles. The van der Waals surface area contributed by atoms with Gasteiger partial charge in [-0.1, -0.05) is 32.0 Å². The lowest BCUT2D eigenvalue weighted by Crippen LogP contribution is -2.70. The fraction of sp³-hybridized carbons (Fsp3) is 0.851. The molecule has 0 aromatic heterocycles. The molecule has 0 spiro atoms. The van der Waals surface area contributed by atoms with E-state index in [1.807, 2.05) is 77.9 Å². The average molecular weight is 895 g/mol. The Morgan fingerprint density at radius 1 is 0.937 bits per heavy atom. The maximum Gasteiger partial charge on any atom is 0.311 e. The van der Waals surface area contributed by atoms with Gasteiger partial charge in [0.05, 0.1) is 49.1 Å². The van der Waals surface area contributed by atoms with E-state index in [0.29, 0.717) is 32.6 Å². The molecule has 362 valence electrons. The van der Waals surface area contributed by atoms with E-state index in [9.17, 15) is 25.2 Å². The van der Waals surface area contributed by atoms with E-state index in [4.69, 9.17) is 33.2 Å². The van der Waals surface area contributed by atoms with Crippen molar-refractivity contribution < 1.29 is 58.4 Å². The van der Waals surface area contributed by atoms with Gasteiger partial charge in [-0.3, -0.25) is 9.69 Å². The number of hydrogen-bond donors (Lipinski definition) is 6. The van der Waals surface area contributed by atoms with E-state index in [1.165, 1.54) is 0 Å². The number of hydrogen-bond acceptors (Lipinski definition) is 16. The quantitative estimate of drug-likeness (QED) is 0.118. The number of fused-ring (bicyclic) bond motifs is 10. The number of nitrogens with zero attached hydrogens (tertiary/aromatic N) is 2. The molecule has 16 nitrogen and oxygen atoms in total. The summed E-state index contributed by atoms with van der Waals surface area (Å²) in [6.45, 7) is 21.1. The van der Waals surface area contributed by atoms with Gasteiger partial charge in [0.15, 0.2) is 12.6 Å². The molecule has 5 saturated heterocycles. The van der Waals surface area contributed by atoms with Crippen molar-refractivity contribution in [3.8, 4) is 5.75 Å². The Morgan fingerprint density at radius 2 is 1.60 bits per heavy atom. The molecule has 0 unspecified atom stereocenters. The smallest absolute Gasteiger partial charge is 0.311 e. The lowest BCUT2D eigenvalue weighted by atomic mass is 9.75. The summed E-state index contributed by atoms with van der Waals surface area (Å²) < 4.78 is 44.2. The summed E-state index contributed by atoms with van der Waals surface area (Å²) in [5, 5.41) is 55.2. The molecule has 16 heteroatoms. The van der Waals surface area contributed by atoms with Crippen molar-refractivity contribution in [1.29, 1.82) is 0 Å². The zero-order valence-electron chi connectivity index (χ0n) is 40.5. The molecule has 2 bridgehead atoms. The molecule has 6 rings (SSSR count). The molecule has 16 atom stereocenters. The van der Waals surface area contributed by atoms with Crippen molar-refractivity contribution in [2.24, 2.45) is 17.8 Å². The first-order valence-corrected chi connectivity index (χ1v) is 23.1. The average Bonchev–Trinajstić information content (AvgIpc) is 3.21. The number of nitrogens with one attached hydrogen (secondary N) is 2. The second kappa shape index (κ2) is 20.9. The number of carbonyl (C=O) groups excluding carboxylic acids is 1. The van der Waals surface area contributed by atoms with Gasteiger partial charge in [-0.2, -0.15) is 0 Å². The monoisotopic (exact) mass is 895 g/mol. The van der Waals surface area contributed by atoms with E-state index in [-0.39, 0.29) is 55.1 Å². The van der Waals surface area contributed by atoms with Crippen molar-refractivity contribution in [2.75, 3.05) is 61.0 Å². The number of likely N-dealkylation sites (N-methyl/N-ethyl adjacent to an activating group) is 1. The van der Waals surface area contributed by atoms with Gasteiger partial charge in [-0.15, -0.1) is 0 Å². The molecule has 0 amide bonds. The van der Waals surface area contributed by atoms with Gasteiger partial charge in [0, 0.05) is 75.4 Å². The van der Waals surface area contributed by atoms with Gasteiger partial charge in [-0.05, 0) is 94.3 Å². The second-order valence-electron chi connectivity index (χ2n) is 20.4. The number of aliphatic hydroxyl groups excluding tert-OH is 2. The summed E-state index contributed by atoms with van der Waals surface area (Å²) in [5.74, 6) is -1.65. The SMILES string of the molecule is COc1ccccc1C(C)(C)NCCNC[C@@]1(O)[C@H](C)O[C@@H](O[C@H]2[C@H](C)[C@@H](O[C@@H]3O[C@H](C)C[C@H](N(C)C)[C@H]3O)[C@@](C)(O)C[C@@H](C)[C@H](O)[C@H](C)N3CC(C3)OC(=O)[C@@H]2C)C[C@@]1(C)OC. The molecular weight excluding hydrogens is 813 g/mol. The summed E-state index contributed by atoms with van der Waals surface area (Å²) in [6.07, 6.45) is -6.57. The highest BCUT2D eigenvalue weighted by Gasteiger charge is 2.58. The predicted molar refractivity (Wildman–Crippen MR) is 238 cm³/mol. The Bertz CT molecular complexity index is 1630. The fourth-order valence-corrected chi connectivity index (χ4v) is 10.5. The number of carbonyl (C=O) groups is 1. The summed E-state index contributed by atoms with van der Waals surface area (Å²) in [7, 11) is 7.00. The third-order valence-electron chi connectivity index (χ3n) is 14.9. The van der Waals surface area contributed by atoms with Gasteiger partial charge in [-0.25, -0.2) is 0 Å². The predicted octanol–water partition coefficient (Wildman–Crippen LogP) is 2.62. The van der Waals surface area contributed by atoms with E-state index in [0.717, 1.165) is 11.3 Å². The normalized spacial score (nSPS) is 43.2. The minimum atomic E-state index is -1.62. The van der Waals surface area contributed by atoms with Crippen LogP contribution in [0.2, 0.25) is 0 Å². The summed E-state index contributed by atoms with van der Waals surface area (Å²) in [5.41, 5.74) is -3.62. The van der Waals surface area contributed by atoms with Gasteiger partial charge < -0.3 is 69.1 Å². The van der Waals surface area contributed by atoms with Crippen LogP contribution in [0.25, 0.3) is 0 Å². The molecule has 5 heterocycles. The molecule has 1 aromatic rings. The summed E-state index contributed by atoms with van der Waals surface area (Å²) in [4.78, 5) is 18.1. The van der Waals surface area contributed by atoms with Crippen LogP contribution < -0.4 is 15.4 Å². The lowest BCUT2D eigenvalue weighted by Gasteiger charge is -2.54. The Kier molecular flexibility index (Phi) is 17.2. The molecule has 1 aromatic carbocycles. The first-order chi connectivity index (χ1) is 29.4. The maximum atomic E-state index is 14.1. The van der Waals surface area contributed by atoms with E-state index < -0.39 is 77.7 Å². The molecule has 6 N–H and O–H groups in total. The third-order valence-corrected chi connectivity index (χ3v) is 14.9. The minimum absolute atomic E-state index is 0.100. The van der Waals surface area contributed by atoms with Crippen LogP contribution in [0.1, 0.15) is 94.1 Å². The van der Waals surface area contributed by atoms with Gasteiger partial charge >= 0.3 is 5.97 Å². The second-order valence-corrected chi connectivity index (χ2v) is 20.4. The summed E-state index contributed by atoms with van der Waals surface area (Å²) in [6, 6.07) is 7.39. The van der Waals surface area contributed by atoms with Gasteiger partial charge in [0.2, 0.25) is 0 Å². The zero-order chi connectivity index (χ0) is 46.8. The topological polar surface area (TPSA) is 193 Å². The maximum absolute atomic E-state index is 14.1. The zero-order valence-corrected chi connectivity index (χ0v) is 40.5. The van der Waals surface area contributed by atoms with Crippen LogP contribution in [0.5, 0.6) is 5.75 Å². The number of methoxy groups -OCH3 is 2. The molecule has 5 aliphatic rings. The summed E-state index contributed by atoms with van der Waals surface area (Å²) >= 11 is 0. The number of ether oxygens (including phenoxy) is 7. The van der Waals surface area contributed by atoms with Crippen LogP contribution in [0, 0.1) is 17.8 Å². The molecular formula is C47H82N4O12. The molecule has 0 aliphatic carbocycles. The number of rotatable bonds is 14. The van der Waals surface area contributed by atoms with Crippen LogP contribution in [-0.2, 0) is 38.8 Å². The van der Waals surface area contributed by atoms with Crippen molar-refractivity contribution >= 4 is 5.97 Å². The van der Waals surface area contributed by atoms with Crippen molar-refractivity contribution in [1.82, 2.24) is 20.4 Å². The highest BCUT2D eigenvalue weighted by Crippen LogP contribution is 2.43.